The van der Waals surface area contributed by atoms with Crippen LogP contribution in [0, 0.1) is 5.82 Å². The minimum absolute atomic E-state index is 0.0650. The Hall–Kier alpha value is -3.95. The summed E-state index contributed by atoms with van der Waals surface area (Å²) in [5.41, 5.74) is 0.374. The maximum atomic E-state index is 13.9. The molecule has 9 nitrogen and oxygen atoms in total. The molecule has 2 aromatic carbocycles. The van der Waals surface area contributed by atoms with Crippen LogP contribution in [0.15, 0.2) is 53.3 Å². The van der Waals surface area contributed by atoms with E-state index in [4.69, 9.17) is 4.74 Å². The average molecular weight is 425 g/mol. The molecule has 0 saturated heterocycles. The van der Waals surface area contributed by atoms with Crippen molar-refractivity contribution < 1.29 is 18.7 Å². The molecule has 0 unspecified atom stereocenters. The van der Waals surface area contributed by atoms with Crippen LogP contribution in [-0.2, 0) is 24.4 Å². The Morgan fingerprint density at radius 3 is 2.58 bits per heavy atom. The summed E-state index contributed by atoms with van der Waals surface area (Å²) in [6.45, 7) is 0.189. The van der Waals surface area contributed by atoms with Crippen LogP contribution in [0.3, 0.4) is 0 Å². The molecule has 0 bridgehead atoms. The minimum Gasteiger partial charge on any atom is -0.497 e. The van der Waals surface area contributed by atoms with Gasteiger partial charge < -0.3 is 15.0 Å². The van der Waals surface area contributed by atoms with E-state index in [9.17, 15) is 18.8 Å². The monoisotopic (exact) mass is 425 g/mol. The van der Waals surface area contributed by atoms with Gasteiger partial charge in [0, 0.05) is 30.9 Å². The smallest absolute Gasteiger partial charge is 0.346 e. The summed E-state index contributed by atoms with van der Waals surface area (Å²) < 4.78 is 21.2. The lowest BCUT2D eigenvalue weighted by Gasteiger charge is -2.26. The standard InChI is InChI=1S/C21H20FN5O4/c1-31-16-8-6-15(7-9-16)23-18(28)13-27-21(30)26-11-10-25(20(29)19(26)24-27)12-14-4-2-3-5-17(14)22/h2-9H,10-13H2,1H3,(H,23,28). The molecule has 0 fully saturated rings. The van der Waals surface area contributed by atoms with E-state index in [-0.39, 0.29) is 32.0 Å². The second-order valence-electron chi connectivity index (χ2n) is 7.01. The fourth-order valence-electron chi connectivity index (χ4n) is 3.36. The van der Waals surface area contributed by atoms with E-state index in [0.717, 1.165) is 4.68 Å². The number of carbonyl (C=O) groups is 2. The van der Waals surface area contributed by atoms with Gasteiger partial charge in [-0.2, -0.15) is 0 Å². The summed E-state index contributed by atoms with van der Waals surface area (Å²) in [6.07, 6.45) is 0. The molecule has 0 radical (unpaired) electrons. The van der Waals surface area contributed by atoms with Gasteiger partial charge in [0.15, 0.2) is 0 Å². The summed E-state index contributed by atoms with van der Waals surface area (Å²) in [6, 6.07) is 12.9. The van der Waals surface area contributed by atoms with Crippen LogP contribution < -0.4 is 15.7 Å². The Balaban J connectivity index is 1.47. The van der Waals surface area contributed by atoms with E-state index >= 15 is 0 Å². The van der Waals surface area contributed by atoms with Crippen molar-refractivity contribution in [3.05, 3.63) is 76.2 Å². The zero-order chi connectivity index (χ0) is 22.0. The number of methoxy groups -OCH3 is 1. The fraction of sp³-hybridized carbons (Fsp3) is 0.238. The van der Waals surface area contributed by atoms with Crippen molar-refractivity contribution in [1.82, 2.24) is 19.2 Å². The third-order valence-corrected chi connectivity index (χ3v) is 4.98. The van der Waals surface area contributed by atoms with Gasteiger partial charge in [-0.25, -0.2) is 13.9 Å². The number of hydrogen-bond donors (Lipinski definition) is 1. The van der Waals surface area contributed by atoms with Crippen LogP contribution in [0.5, 0.6) is 5.75 Å². The second-order valence-corrected chi connectivity index (χ2v) is 7.01. The predicted octanol–water partition coefficient (Wildman–Crippen LogP) is 1.49. The lowest BCUT2D eigenvalue weighted by molar-refractivity contribution is -0.117. The van der Waals surface area contributed by atoms with Crippen LogP contribution in [0.1, 0.15) is 16.2 Å². The van der Waals surface area contributed by atoms with Crippen molar-refractivity contribution in [2.75, 3.05) is 19.0 Å². The van der Waals surface area contributed by atoms with Crippen LogP contribution in [0.2, 0.25) is 0 Å². The van der Waals surface area contributed by atoms with Gasteiger partial charge in [0.1, 0.15) is 18.1 Å². The number of fused-ring (bicyclic) bond motifs is 1. The van der Waals surface area contributed by atoms with Gasteiger partial charge in [0.05, 0.1) is 7.11 Å². The molecule has 2 amide bonds. The largest absolute Gasteiger partial charge is 0.497 e. The molecule has 1 N–H and O–H groups in total. The maximum Gasteiger partial charge on any atom is 0.346 e. The number of halogens is 1. The molecule has 3 aromatic rings. The lowest BCUT2D eigenvalue weighted by Crippen LogP contribution is -2.42. The zero-order valence-corrected chi connectivity index (χ0v) is 16.7. The van der Waals surface area contributed by atoms with E-state index < -0.39 is 23.3 Å². The molecule has 160 valence electrons. The highest BCUT2D eigenvalue weighted by Crippen LogP contribution is 2.16. The van der Waals surface area contributed by atoms with Gasteiger partial charge >= 0.3 is 5.69 Å². The number of amides is 2. The molecule has 10 heteroatoms. The molecule has 0 saturated carbocycles. The summed E-state index contributed by atoms with van der Waals surface area (Å²) in [4.78, 5) is 39.1. The molecule has 1 aliphatic rings. The van der Waals surface area contributed by atoms with Gasteiger partial charge in [-0.1, -0.05) is 18.2 Å². The normalized spacial score (nSPS) is 13.1. The van der Waals surface area contributed by atoms with Crippen LogP contribution in [-0.4, -0.2) is 44.7 Å². The number of aromatic nitrogens is 3. The zero-order valence-electron chi connectivity index (χ0n) is 16.7. The van der Waals surface area contributed by atoms with E-state index in [0.29, 0.717) is 17.0 Å². The Bertz CT molecular complexity index is 1190. The van der Waals surface area contributed by atoms with Crippen molar-refractivity contribution in [3.63, 3.8) is 0 Å². The first-order chi connectivity index (χ1) is 15.0. The van der Waals surface area contributed by atoms with E-state index in [1.807, 2.05) is 0 Å². The predicted molar refractivity (Wildman–Crippen MR) is 109 cm³/mol. The highest BCUT2D eigenvalue weighted by molar-refractivity contribution is 5.92. The summed E-state index contributed by atoms with van der Waals surface area (Å²) in [7, 11) is 1.54. The number of hydrogen-bond acceptors (Lipinski definition) is 5. The Morgan fingerprint density at radius 2 is 1.87 bits per heavy atom. The molecule has 0 atom stereocenters. The topological polar surface area (TPSA) is 98.5 Å². The fourth-order valence-corrected chi connectivity index (χ4v) is 3.36. The van der Waals surface area contributed by atoms with Crippen molar-refractivity contribution >= 4 is 17.5 Å². The molecular weight excluding hydrogens is 405 g/mol. The van der Waals surface area contributed by atoms with Crippen LogP contribution in [0.4, 0.5) is 10.1 Å². The van der Waals surface area contributed by atoms with Crippen molar-refractivity contribution in [2.24, 2.45) is 0 Å². The molecule has 1 aromatic heterocycles. The number of nitrogens with zero attached hydrogens (tertiary/aromatic N) is 4. The quantitative estimate of drug-likeness (QED) is 0.645. The van der Waals surface area contributed by atoms with E-state index in [1.54, 1.807) is 49.6 Å². The molecule has 31 heavy (non-hydrogen) atoms. The van der Waals surface area contributed by atoms with E-state index in [1.165, 1.54) is 15.5 Å². The lowest BCUT2D eigenvalue weighted by atomic mass is 10.2. The molecule has 2 heterocycles. The Morgan fingerprint density at radius 1 is 1.13 bits per heavy atom. The van der Waals surface area contributed by atoms with Gasteiger partial charge in [-0.05, 0) is 30.3 Å². The van der Waals surface area contributed by atoms with Crippen LogP contribution in [0.25, 0.3) is 0 Å². The molecule has 0 spiro atoms. The Labute approximate surface area is 176 Å². The number of nitrogens with one attached hydrogen (secondary N) is 1. The third-order valence-electron chi connectivity index (χ3n) is 4.98. The van der Waals surface area contributed by atoms with Crippen molar-refractivity contribution in [3.8, 4) is 5.75 Å². The first kappa shape index (κ1) is 20.3. The third kappa shape index (κ3) is 4.18. The minimum atomic E-state index is -0.543. The highest BCUT2D eigenvalue weighted by atomic mass is 19.1. The average Bonchev–Trinajstić information content (AvgIpc) is 3.08. The first-order valence-corrected chi connectivity index (χ1v) is 9.60. The first-order valence-electron chi connectivity index (χ1n) is 9.60. The highest BCUT2D eigenvalue weighted by Gasteiger charge is 2.30. The van der Waals surface area contributed by atoms with Gasteiger partial charge in [0.2, 0.25) is 11.7 Å². The van der Waals surface area contributed by atoms with E-state index in [2.05, 4.69) is 10.4 Å². The molecule has 4 rings (SSSR count). The van der Waals surface area contributed by atoms with Gasteiger partial charge in [0.25, 0.3) is 5.91 Å². The Kier molecular flexibility index (Phi) is 5.52. The van der Waals surface area contributed by atoms with Gasteiger partial charge in [-0.15, -0.1) is 5.10 Å². The van der Waals surface area contributed by atoms with Gasteiger partial charge in [-0.3, -0.25) is 14.2 Å². The number of benzene rings is 2. The SMILES string of the molecule is COc1ccc(NC(=O)Cn2nc3n(c2=O)CCN(Cc2ccccc2F)C3=O)cc1. The van der Waals surface area contributed by atoms with Crippen LogP contribution >= 0.6 is 0 Å². The number of rotatable bonds is 6. The molecule has 0 aliphatic carbocycles. The summed E-state index contributed by atoms with van der Waals surface area (Å²) >= 11 is 0. The van der Waals surface area contributed by atoms with Crippen molar-refractivity contribution in [1.29, 1.82) is 0 Å². The number of ether oxygens (including phenoxy) is 1. The number of carbonyl (C=O) groups excluding carboxylic acids is 2. The molecule has 1 aliphatic heterocycles. The van der Waals surface area contributed by atoms with Crippen molar-refractivity contribution in [2.45, 2.75) is 19.6 Å². The summed E-state index contributed by atoms with van der Waals surface area (Å²) in [5, 5.41) is 6.72. The number of anilines is 1. The second kappa shape index (κ2) is 8.42. The maximum absolute atomic E-state index is 13.9. The molecular formula is C21H20FN5O4. The summed E-state index contributed by atoms with van der Waals surface area (Å²) in [5.74, 6) is -0.766.